The maximum absolute atomic E-state index is 12.9. The molecule has 0 amide bonds. The summed E-state index contributed by atoms with van der Waals surface area (Å²) < 4.78 is 17.5. The zero-order chi connectivity index (χ0) is 52.0. The SMILES string of the molecule is CC/C=C\C/C=C\C/C=C\C/C=C\C/C=C\CCCC(=O)OC(COCCCCCCCCCCCC/C=C\CCCCCCCC)COC(=O)CCCCCCCCCCC/C=C\CCCCCCCC. The lowest BCUT2D eigenvalue weighted by Crippen LogP contribution is -2.30. The molecule has 0 bridgehead atoms. The molecule has 416 valence electrons. The van der Waals surface area contributed by atoms with E-state index in [0.29, 0.717) is 19.4 Å². The van der Waals surface area contributed by atoms with Crippen molar-refractivity contribution in [1.82, 2.24) is 0 Å². The van der Waals surface area contributed by atoms with Gasteiger partial charge in [0.25, 0.3) is 0 Å². The summed E-state index contributed by atoms with van der Waals surface area (Å²) >= 11 is 0. The molecule has 0 aromatic rings. The van der Waals surface area contributed by atoms with Gasteiger partial charge in [0.15, 0.2) is 6.10 Å². The van der Waals surface area contributed by atoms with Crippen molar-refractivity contribution in [1.29, 1.82) is 0 Å². The highest BCUT2D eigenvalue weighted by Crippen LogP contribution is 2.15. The molecule has 0 rings (SSSR count). The molecule has 0 aliphatic carbocycles. The molecular weight excluding hydrogens is 885 g/mol. The highest BCUT2D eigenvalue weighted by atomic mass is 16.6. The van der Waals surface area contributed by atoms with Gasteiger partial charge in [-0.15, -0.1) is 0 Å². The minimum absolute atomic E-state index is 0.0597. The zero-order valence-electron chi connectivity index (χ0n) is 47.9. The quantitative estimate of drug-likeness (QED) is 0.0345. The molecule has 0 aromatic heterocycles. The van der Waals surface area contributed by atoms with Gasteiger partial charge in [-0.1, -0.05) is 266 Å². The second-order valence-corrected chi connectivity index (χ2v) is 20.6. The third-order valence-electron chi connectivity index (χ3n) is 13.4. The van der Waals surface area contributed by atoms with Gasteiger partial charge in [-0.3, -0.25) is 9.59 Å². The van der Waals surface area contributed by atoms with E-state index in [4.69, 9.17) is 14.2 Å². The second-order valence-electron chi connectivity index (χ2n) is 20.6. The summed E-state index contributed by atoms with van der Waals surface area (Å²) in [5, 5.41) is 0. The van der Waals surface area contributed by atoms with Crippen molar-refractivity contribution in [3.05, 3.63) is 85.1 Å². The highest BCUT2D eigenvalue weighted by Gasteiger charge is 2.17. The predicted molar refractivity (Wildman–Crippen MR) is 316 cm³/mol. The molecule has 0 aliphatic rings. The Morgan fingerprint density at radius 1 is 0.319 bits per heavy atom. The van der Waals surface area contributed by atoms with Crippen molar-refractivity contribution in [2.75, 3.05) is 19.8 Å². The van der Waals surface area contributed by atoms with E-state index in [1.165, 1.54) is 199 Å². The van der Waals surface area contributed by atoms with Gasteiger partial charge in [0.2, 0.25) is 0 Å². The lowest BCUT2D eigenvalue weighted by atomic mass is 10.1. The van der Waals surface area contributed by atoms with Crippen LogP contribution in [0.4, 0.5) is 0 Å². The van der Waals surface area contributed by atoms with Crippen LogP contribution in [0.3, 0.4) is 0 Å². The summed E-state index contributed by atoms with van der Waals surface area (Å²) in [6, 6.07) is 0. The highest BCUT2D eigenvalue weighted by molar-refractivity contribution is 5.70. The second kappa shape index (κ2) is 62.4. The van der Waals surface area contributed by atoms with Crippen LogP contribution < -0.4 is 0 Å². The third kappa shape index (κ3) is 59.6. The average molecular weight is 1000 g/mol. The lowest BCUT2D eigenvalue weighted by Gasteiger charge is -2.18. The number of hydrogen-bond acceptors (Lipinski definition) is 5. The summed E-state index contributed by atoms with van der Waals surface area (Å²) in [5.41, 5.74) is 0. The Bertz CT molecular complexity index is 1320. The fourth-order valence-electron chi connectivity index (χ4n) is 8.77. The van der Waals surface area contributed by atoms with Crippen molar-refractivity contribution in [2.24, 2.45) is 0 Å². The van der Waals surface area contributed by atoms with Gasteiger partial charge in [-0.05, 0) is 109 Å². The number of carbonyl (C=O) groups is 2. The molecule has 1 atom stereocenters. The van der Waals surface area contributed by atoms with E-state index in [0.717, 1.165) is 70.6 Å². The Kier molecular flexibility index (Phi) is 59.8. The Morgan fingerprint density at radius 3 is 1.06 bits per heavy atom. The number of rotatable bonds is 57. The number of unbranched alkanes of at least 4 members (excludes halogenated alkanes) is 32. The Labute approximate surface area is 448 Å². The van der Waals surface area contributed by atoms with Crippen molar-refractivity contribution in [2.45, 2.75) is 309 Å². The topological polar surface area (TPSA) is 61.8 Å². The van der Waals surface area contributed by atoms with Crippen LogP contribution in [0.2, 0.25) is 0 Å². The van der Waals surface area contributed by atoms with Crippen LogP contribution in [0, 0.1) is 0 Å². The minimum Gasteiger partial charge on any atom is -0.462 e. The van der Waals surface area contributed by atoms with Crippen molar-refractivity contribution in [3.8, 4) is 0 Å². The molecule has 0 aliphatic heterocycles. The molecule has 5 heteroatoms. The fraction of sp³-hybridized carbons (Fsp3) is 0.761. The first-order valence-electron chi connectivity index (χ1n) is 31.1. The van der Waals surface area contributed by atoms with Gasteiger partial charge >= 0.3 is 11.9 Å². The van der Waals surface area contributed by atoms with Crippen LogP contribution in [0.25, 0.3) is 0 Å². The standard InChI is InChI=1S/C67H118O5/c1-4-7-10-13-16-19-22-25-28-31-33-35-38-41-44-47-50-53-56-59-62-70-63-65(72-67(69)61-58-55-52-49-46-43-40-36-30-27-24-21-18-15-12-9-6-3)64-71-66(68)60-57-54-51-48-45-42-39-37-34-32-29-26-23-20-17-14-11-8-5-2/h9,12,18,21,25-30,40,43,49,52,65H,4-8,10-11,13-17,19-20,22-24,31-39,41-42,44-48,50-51,53-64H2,1-3H3/b12-9-,21-18-,28-25-,29-26-,30-27-,43-40-,52-49-. The molecule has 0 fully saturated rings. The van der Waals surface area contributed by atoms with Crippen LogP contribution in [0.15, 0.2) is 85.1 Å². The van der Waals surface area contributed by atoms with E-state index >= 15 is 0 Å². The van der Waals surface area contributed by atoms with E-state index in [9.17, 15) is 9.59 Å². The predicted octanol–water partition coefficient (Wildman–Crippen LogP) is 21.6. The van der Waals surface area contributed by atoms with E-state index in [1.54, 1.807) is 0 Å². The summed E-state index contributed by atoms with van der Waals surface area (Å²) in [5.74, 6) is -0.458. The molecule has 0 heterocycles. The Balaban J connectivity index is 4.34. The summed E-state index contributed by atoms with van der Waals surface area (Å²) in [4.78, 5) is 25.6. The fourth-order valence-corrected chi connectivity index (χ4v) is 8.77. The summed E-state index contributed by atoms with van der Waals surface area (Å²) in [6.45, 7) is 7.68. The van der Waals surface area contributed by atoms with E-state index in [-0.39, 0.29) is 25.2 Å². The summed E-state index contributed by atoms with van der Waals surface area (Å²) in [6.07, 6.45) is 83.4. The van der Waals surface area contributed by atoms with Crippen molar-refractivity contribution in [3.63, 3.8) is 0 Å². The molecule has 0 radical (unpaired) electrons. The average Bonchev–Trinajstić information content (AvgIpc) is 3.38. The van der Waals surface area contributed by atoms with Crippen LogP contribution in [-0.2, 0) is 23.8 Å². The molecule has 1 unspecified atom stereocenters. The summed E-state index contributed by atoms with van der Waals surface area (Å²) in [7, 11) is 0. The molecule has 72 heavy (non-hydrogen) atoms. The van der Waals surface area contributed by atoms with E-state index in [1.807, 2.05) is 0 Å². The molecular formula is C67H118O5. The van der Waals surface area contributed by atoms with Gasteiger partial charge < -0.3 is 14.2 Å². The van der Waals surface area contributed by atoms with E-state index in [2.05, 4.69) is 106 Å². The minimum atomic E-state index is -0.572. The third-order valence-corrected chi connectivity index (χ3v) is 13.4. The van der Waals surface area contributed by atoms with Crippen LogP contribution >= 0.6 is 0 Å². The number of hydrogen-bond donors (Lipinski definition) is 0. The maximum Gasteiger partial charge on any atom is 0.306 e. The van der Waals surface area contributed by atoms with E-state index < -0.39 is 6.10 Å². The number of allylic oxidation sites excluding steroid dienone is 14. The smallest absolute Gasteiger partial charge is 0.306 e. The first-order chi connectivity index (χ1) is 35.6. The van der Waals surface area contributed by atoms with Gasteiger partial charge in [0.05, 0.1) is 6.61 Å². The molecule has 0 saturated carbocycles. The van der Waals surface area contributed by atoms with Gasteiger partial charge in [-0.2, -0.15) is 0 Å². The first kappa shape index (κ1) is 69.1. The van der Waals surface area contributed by atoms with Crippen molar-refractivity contribution < 1.29 is 23.8 Å². The molecule has 5 nitrogen and oxygen atoms in total. The normalized spacial score (nSPS) is 12.8. The van der Waals surface area contributed by atoms with Gasteiger partial charge in [0.1, 0.15) is 6.61 Å². The largest absolute Gasteiger partial charge is 0.462 e. The van der Waals surface area contributed by atoms with Crippen LogP contribution in [-0.4, -0.2) is 37.9 Å². The monoisotopic (exact) mass is 1000 g/mol. The van der Waals surface area contributed by atoms with Gasteiger partial charge in [0, 0.05) is 19.4 Å². The first-order valence-corrected chi connectivity index (χ1v) is 31.1. The van der Waals surface area contributed by atoms with Gasteiger partial charge in [-0.25, -0.2) is 0 Å². The zero-order valence-corrected chi connectivity index (χ0v) is 47.9. The lowest BCUT2D eigenvalue weighted by molar-refractivity contribution is -0.162. The number of esters is 2. The molecule has 0 aromatic carbocycles. The Morgan fingerprint density at radius 2 is 0.639 bits per heavy atom. The van der Waals surface area contributed by atoms with Crippen molar-refractivity contribution >= 4 is 11.9 Å². The maximum atomic E-state index is 12.9. The molecule has 0 spiro atoms. The molecule has 0 saturated heterocycles. The Hall–Kier alpha value is -2.92. The molecule has 0 N–H and O–H groups in total. The number of ether oxygens (including phenoxy) is 3. The number of carbonyl (C=O) groups excluding carboxylic acids is 2. The van der Waals surface area contributed by atoms with Crippen LogP contribution in [0.5, 0.6) is 0 Å². The van der Waals surface area contributed by atoms with Crippen LogP contribution in [0.1, 0.15) is 303 Å².